The molecule has 0 saturated carbocycles. The molecule has 0 fully saturated rings. The molecule has 0 N–H and O–H groups in total. The maximum Gasteiger partial charge on any atom is 0.368 e. The van der Waals surface area contributed by atoms with E-state index in [0.29, 0.717) is 73.5 Å². The number of benzene rings is 6. The molecule has 0 aliphatic carbocycles. The zero-order valence-corrected chi connectivity index (χ0v) is 95.8. The summed E-state index contributed by atoms with van der Waals surface area (Å²) in [7, 11) is 9.18. The number of aromatic nitrogens is 36. The number of aryl methyl sites for hydroxylation is 8. The second-order valence-electron chi connectivity index (χ2n) is 26.9. The average Bonchev–Trinajstić information content (AvgIpc) is 1.74. The van der Waals surface area contributed by atoms with Gasteiger partial charge in [-0.05, 0) is 205 Å². The van der Waals surface area contributed by atoms with Gasteiger partial charge in [-0.2, -0.15) is 123 Å². The molecule has 0 unspecified atom stereocenters. The van der Waals surface area contributed by atoms with Crippen LogP contribution >= 0.6 is 50.1 Å². The van der Waals surface area contributed by atoms with Crippen LogP contribution in [-0.4, -0.2) is 180 Å². The molecular formula is C81H68BrClFIN36O12Y6-6. The molecule has 18 rings (SSSR count). The monoisotopic (exact) mass is 2530 g/mol. The van der Waals surface area contributed by atoms with Crippen LogP contribution in [0.15, 0.2) is 216 Å². The van der Waals surface area contributed by atoms with Crippen molar-refractivity contribution in [2.75, 3.05) is 0 Å². The molecule has 18 aromatic rings. The van der Waals surface area contributed by atoms with E-state index in [-0.39, 0.29) is 276 Å². The molecular weight excluding hydrogens is 2460 g/mol. The molecule has 12 heterocycles. The molecule has 0 saturated heterocycles. The third-order valence-corrected chi connectivity index (χ3v) is 20.5. The topological polar surface area (TPSA) is 526 Å². The minimum Gasteiger partial charge on any atom is -0.573 e. The summed E-state index contributed by atoms with van der Waals surface area (Å²) in [6.45, 7) is 5.05. The Morgan fingerprint density at radius 1 is 0.324 bits per heavy atom. The van der Waals surface area contributed by atoms with Gasteiger partial charge in [-0.1, -0.05) is 83.0 Å². The van der Waals surface area contributed by atoms with Crippen LogP contribution in [0.1, 0.15) is 51.4 Å². The average molecular weight is 2530 g/mol. The van der Waals surface area contributed by atoms with Gasteiger partial charge < -0.3 is 28.4 Å². The SMILES string of the molecule is CCc1cccc(-n2nnn(C)c2=O)c1COc1c[c-]nnc1.Cc1cccc(-n2nnn(C)c2=O)c1COc1c[c-]nnc1.Cn1nnn(-c2cccc(Br)c2COc2c[c-]nnc2)c1=O.Cn1nnn(-c2cccc(Cl)c2COc2c[c-]nnc2)c1=O.Cn1nnn(-c2cccc(F)c2COc2c[c-]nnc2)c1=O.Cn1nnn(-c2cccc(I)c2COc2c[c-]nnc2)c1=O.[Y].[Y].[Y].[Y].[Y].[Y]. The molecule has 696 valence electrons. The first-order valence-electron chi connectivity index (χ1n) is 38.7. The Kier molecular flexibility index (Phi) is 48.1. The number of hydrogen-bond donors (Lipinski definition) is 0. The van der Waals surface area contributed by atoms with Gasteiger partial charge in [0.05, 0.1) is 73.8 Å². The number of rotatable bonds is 25. The van der Waals surface area contributed by atoms with Crippen molar-refractivity contribution in [3.63, 3.8) is 0 Å². The zero-order chi connectivity index (χ0) is 93.9. The summed E-state index contributed by atoms with van der Waals surface area (Å²) in [4.78, 5) is 72.2. The van der Waals surface area contributed by atoms with Crippen molar-refractivity contribution in [2.45, 2.75) is 59.9 Å². The molecule has 0 bridgehead atoms. The molecule has 0 aliphatic rings. The number of nitrogens with zero attached hydrogens (tertiary/aromatic N) is 36. The van der Waals surface area contributed by atoms with Crippen LogP contribution in [0.25, 0.3) is 34.1 Å². The first-order chi connectivity index (χ1) is 64.5. The largest absolute Gasteiger partial charge is 0.573 e. The van der Waals surface area contributed by atoms with E-state index in [0.717, 1.165) is 66.6 Å². The van der Waals surface area contributed by atoms with E-state index in [4.69, 9.17) is 40.0 Å². The van der Waals surface area contributed by atoms with Crippen molar-refractivity contribution in [3.8, 4) is 68.6 Å². The molecule has 0 spiro atoms. The molecule has 0 atom stereocenters. The van der Waals surface area contributed by atoms with Crippen molar-refractivity contribution in [3.05, 3.63) is 346 Å². The number of tetrazole rings is 6. The summed E-state index contributed by atoms with van der Waals surface area (Å²) < 4.78 is 63.7. The molecule has 12 aromatic heterocycles. The number of hydrogen-bond acceptors (Lipinski definition) is 36. The van der Waals surface area contributed by atoms with Gasteiger partial charge in [0.2, 0.25) is 0 Å². The smallest absolute Gasteiger partial charge is 0.368 e. The Morgan fingerprint density at radius 2 is 0.576 bits per heavy atom. The van der Waals surface area contributed by atoms with Crippen molar-refractivity contribution in [1.82, 2.24) is 180 Å². The molecule has 139 heavy (non-hydrogen) atoms. The first kappa shape index (κ1) is 116. The summed E-state index contributed by atoms with van der Waals surface area (Å²) in [5, 5.41) is 89.2. The minimum atomic E-state index is -0.513. The minimum absolute atomic E-state index is 0. The van der Waals surface area contributed by atoms with E-state index in [1.807, 2.05) is 68.4 Å². The van der Waals surface area contributed by atoms with E-state index >= 15 is 0 Å². The summed E-state index contributed by atoms with van der Waals surface area (Å²) in [6, 6.07) is 41.2. The Morgan fingerprint density at radius 3 is 0.899 bits per heavy atom. The standard InChI is InChI=1S/C15H15N6O2.C14H13N6O2.C13H10BrN6O2.C13H10ClN6O2.C13H10FN6O2.C13H10IN6O2.6Y/c1-3-11-5-4-6-14(21-15(22)20(2)18-19-21)13(11)10-23-12-7-8-16-17-9-12;1-10-4-3-5-13(20-14(21)19(2)17-18-20)12(10)9-22-11-6-7-15-16-8-11;4*1-19-13(21)20(18-17-19)12-4-2-3-11(14)10(12)8-22-9-5-6-15-16-7-9;;;;;;/h4-7,9H,3,10H2,1-2H3;3-6,8H,9H2,1-2H3;4*2-5,7H,8H2,1H3;;;;;;/q6*-1;;;;;;. The van der Waals surface area contributed by atoms with Gasteiger partial charge in [-0.15, -0.1) is 37.2 Å². The number of ether oxygens (including phenoxy) is 6. The quantitative estimate of drug-likeness (QED) is 0.0579. The maximum atomic E-state index is 14.1. The van der Waals surface area contributed by atoms with Gasteiger partial charge >= 0.3 is 34.1 Å². The van der Waals surface area contributed by atoms with Crippen molar-refractivity contribution >= 4 is 50.1 Å². The van der Waals surface area contributed by atoms with Gasteiger partial charge in [-0.25, -0.2) is 33.2 Å². The van der Waals surface area contributed by atoms with Crippen molar-refractivity contribution in [1.29, 1.82) is 0 Å². The molecule has 6 radical (unpaired) electrons. The Hall–Kier alpha value is -10.1. The van der Waals surface area contributed by atoms with E-state index < -0.39 is 11.5 Å². The van der Waals surface area contributed by atoms with E-state index in [9.17, 15) is 33.2 Å². The van der Waals surface area contributed by atoms with Gasteiger partial charge in [-0.3, -0.25) is 30.6 Å². The van der Waals surface area contributed by atoms with E-state index in [1.165, 1.54) is 107 Å². The van der Waals surface area contributed by atoms with Crippen LogP contribution in [0.5, 0.6) is 34.5 Å². The molecule has 0 aliphatic heterocycles. The van der Waals surface area contributed by atoms with Crippen LogP contribution < -0.4 is 62.6 Å². The van der Waals surface area contributed by atoms with Crippen LogP contribution in [0.3, 0.4) is 0 Å². The third-order valence-electron chi connectivity index (χ3n) is 18.4. The second-order valence-corrected chi connectivity index (χ2v) is 29.4. The Labute approximate surface area is 963 Å². The second kappa shape index (κ2) is 57.7. The van der Waals surface area contributed by atoms with Crippen LogP contribution in [0.2, 0.25) is 5.02 Å². The fourth-order valence-corrected chi connectivity index (χ4v) is 13.0. The third kappa shape index (κ3) is 30.9. The van der Waals surface area contributed by atoms with Crippen LogP contribution in [0, 0.1) is 53.5 Å². The van der Waals surface area contributed by atoms with E-state index in [2.05, 4.69) is 199 Å². The molecule has 48 nitrogen and oxygen atoms in total. The zero-order valence-electron chi connectivity index (χ0n) is 74.2. The summed E-state index contributed by atoms with van der Waals surface area (Å²) in [6.07, 6.45) is 25.1. The Balaban J connectivity index is 0.000000225. The predicted molar refractivity (Wildman–Crippen MR) is 470 cm³/mol. The predicted octanol–water partition coefficient (Wildman–Crippen LogP) is 3.83. The first-order valence-corrected chi connectivity index (χ1v) is 40.9. The normalized spacial score (nSPS) is 10.2. The Bertz CT molecular complexity index is 6520. The van der Waals surface area contributed by atoms with Crippen LogP contribution in [0.4, 0.5) is 4.39 Å². The van der Waals surface area contributed by atoms with Crippen molar-refractivity contribution < 1.29 is 229 Å². The number of halogens is 4. The van der Waals surface area contributed by atoms with E-state index in [1.54, 1.807) is 101 Å². The van der Waals surface area contributed by atoms with Gasteiger partial charge in [0, 0.05) is 322 Å². The van der Waals surface area contributed by atoms with Crippen molar-refractivity contribution in [2.24, 2.45) is 42.3 Å². The summed E-state index contributed by atoms with van der Waals surface area (Å²) in [5.74, 6) is 2.55. The molecule has 0 amide bonds. The van der Waals surface area contributed by atoms with Crippen LogP contribution in [-0.2, 0) is 285 Å². The summed E-state index contributed by atoms with van der Waals surface area (Å²) >= 11 is 11.9. The fourth-order valence-electron chi connectivity index (χ4n) is 11.6. The van der Waals surface area contributed by atoms with Gasteiger partial charge in [0.25, 0.3) is 0 Å². The summed E-state index contributed by atoms with van der Waals surface area (Å²) in [5.41, 5.74) is 7.38. The fraction of sp³-hybridized carbons (Fsp3) is 0.185. The van der Waals surface area contributed by atoms with Gasteiger partial charge in [0.1, 0.15) is 5.82 Å². The van der Waals surface area contributed by atoms with Gasteiger partial charge in [0.15, 0.2) is 0 Å². The molecule has 58 heteroatoms. The molecule has 6 aromatic carbocycles. The maximum absolute atomic E-state index is 14.1.